The van der Waals surface area contributed by atoms with Crippen LogP contribution in [0.5, 0.6) is 0 Å². The third kappa shape index (κ3) is 2.41. The highest BCUT2D eigenvalue weighted by Crippen LogP contribution is 2.55. The molecule has 27 heavy (non-hydrogen) atoms. The minimum absolute atomic E-state index is 0.334. The number of hydrogen-bond acceptors (Lipinski definition) is 2. The largest absolute Gasteiger partial charge is 0.494 e. The van der Waals surface area contributed by atoms with E-state index in [1.54, 1.807) is 0 Å². The molecular weight excluding hydrogens is 331 g/mol. The first-order chi connectivity index (χ1) is 14.3. The van der Waals surface area contributed by atoms with Crippen molar-refractivity contribution in [2.75, 3.05) is 0 Å². The Labute approximate surface area is 169 Å². The van der Waals surface area contributed by atoms with Gasteiger partial charge in [0.15, 0.2) is 0 Å². The van der Waals surface area contributed by atoms with Gasteiger partial charge < -0.3 is 9.31 Å². The van der Waals surface area contributed by atoms with E-state index in [1.807, 2.05) is 70.2 Å². The van der Waals surface area contributed by atoms with Crippen molar-refractivity contribution in [3.05, 3.63) is 53.6 Å². The van der Waals surface area contributed by atoms with Crippen LogP contribution >= 0.6 is 0 Å². The number of fused-ring (bicyclic) bond motifs is 5. The fourth-order valence-electron chi connectivity index (χ4n) is 4.51. The van der Waals surface area contributed by atoms with Crippen LogP contribution in [-0.2, 0) is 14.7 Å². The Hall–Kier alpha value is -1.58. The van der Waals surface area contributed by atoms with Gasteiger partial charge in [0.2, 0.25) is 0 Å². The molecule has 0 radical (unpaired) electrons. The maximum absolute atomic E-state index is 9.06. The summed E-state index contributed by atoms with van der Waals surface area (Å²) in [7, 11) is -0.573. The fraction of sp³-hybridized carbons (Fsp3) is 0.500. The topological polar surface area (TPSA) is 18.5 Å². The quantitative estimate of drug-likeness (QED) is 0.646. The smallest absolute Gasteiger partial charge is 0.399 e. The van der Waals surface area contributed by atoms with Crippen LogP contribution in [0.3, 0.4) is 0 Å². The van der Waals surface area contributed by atoms with E-state index in [4.69, 9.17) is 14.8 Å². The Balaban J connectivity index is 1.74. The van der Waals surface area contributed by atoms with Gasteiger partial charge >= 0.3 is 7.12 Å². The van der Waals surface area contributed by atoms with Crippen LogP contribution in [-0.4, -0.2) is 18.3 Å². The van der Waals surface area contributed by atoms with Gasteiger partial charge in [-0.1, -0.05) is 61.7 Å². The lowest BCUT2D eigenvalue weighted by atomic mass is 9.66. The van der Waals surface area contributed by atoms with Crippen molar-refractivity contribution >= 4 is 12.6 Å². The summed E-state index contributed by atoms with van der Waals surface area (Å²) in [6.45, 7) is 8.04. The zero-order valence-electron chi connectivity index (χ0n) is 20.6. The lowest BCUT2D eigenvalue weighted by Gasteiger charge is -2.36. The molecule has 1 heterocycles. The van der Waals surface area contributed by atoms with E-state index in [2.05, 4.69) is 0 Å². The minimum Gasteiger partial charge on any atom is -0.399 e. The summed E-state index contributed by atoms with van der Waals surface area (Å²) >= 11 is 0. The molecule has 1 saturated heterocycles. The molecule has 2 aromatic rings. The van der Waals surface area contributed by atoms with E-state index in [0.29, 0.717) is 19.3 Å². The van der Waals surface area contributed by atoms with E-state index < -0.39 is 36.5 Å². The van der Waals surface area contributed by atoms with Gasteiger partial charge in [0.25, 0.3) is 0 Å². The number of hydrogen-bond donors (Lipinski definition) is 0. The second-order valence-corrected chi connectivity index (χ2v) is 8.90. The van der Waals surface area contributed by atoms with Crippen LogP contribution < -0.4 is 5.46 Å². The molecule has 1 spiro atoms. The molecular formula is C24H29BO2. The van der Waals surface area contributed by atoms with E-state index >= 15 is 0 Å². The first kappa shape index (κ1) is 13.6. The predicted molar refractivity (Wildman–Crippen MR) is 111 cm³/mol. The summed E-state index contributed by atoms with van der Waals surface area (Å²) in [4.78, 5) is 0. The van der Waals surface area contributed by atoms with Gasteiger partial charge in [0.05, 0.1) is 11.2 Å². The Kier molecular flexibility index (Phi) is 2.87. The summed E-state index contributed by atoms with van der Waals surface area (Å²) < 4.78 is 48.7. The highest BCUT2D eigenvalue weighted by Gasteiger charge is 2.52. The van der Waals surface area contributed by atoms with Crippen molar-refractivity contribution in [1.82, 2.24) is 0 Å². The van der Waals surface area contributed by atoms with E-state index in [9.17, 15) is 0 Å². The Bertz CT molecular complexity index is 1030. The van der Waals surface area contributed by atoms with E-state index in [0.717, 1.165) is 27.7 Å². The van der Waals surface area contributed by atoms with Gasteiger partial charge in [-0.05, 0) is 68.2 Å². The molecule has 2 fully saturated rings. The molecule has 3 heteroatoms. The van der Waals surface area contributed by atoms with Gasteiger partial charge in [-0.25, -0.2) is 0 Å². The minimum atomic E-state index is -1.72. The van der Waals surface area contributed by atoms with Gasteiger partial charge in [-0.15, -0.1) is 0 Å². The van der Waals surface area contributed by atoms with E-state index in [-0.39, 0.29) is 0 Å². The zero-order chi connectivity index (χ0) is 22.4. The molecule has 2 nitrogen and oxygen atoms in total. The molecule has 0 bridgehead atoms. The molecule has 0 atom stereocenters. The summed E-state index contributed by atoms with van der Waals surface area (Å²) in [6.07, 6.45) is -2.23. The molecule has 0 N–H and O–H groups in total. The summed E-state index contributed by atoms with van der Waals surface area (Å²) in [5, 5.41) is 0. The van der Waals surface area contributed by atoms with Crippen molar-refractivity contribution in [2.45, 2.75) is 76.3 Å². The lowest BCUT2D eigenvalue weighted by molar-refractivity contribution is 0.00578. The molecule has 0 aromatic heterocycles. The van der Waals surface area contributed by atoms with Crippen LogP contribution in [0.15, 0.2) is 42.5 Å². The van der Waals surface area contributed by atoms with Crippen LogP contribution in [0, 0.1) is 0 Å². The van der Waals surface area contributed by atoms with Crippen LogP contribution in [0.1, 0.15) is 76.3 Å². The van der Waals surface area contributed by atoms with Gasteiger partial charge in [0, 0.05) is 10.9 Å². The summed E-state index contributed by atoms with van der Waals surface area (Å²) in [6, 6.07) is 13.6. The summed E-state index contributed by atoms with van der Waals surface area (Å²) in [5.74, 6) is 0. The van der Waals surface area contributed by atoms with Crippen molar-refractivity contribution in [3.8, 4) is 11.1 Å². The molecule has 0 unspecified atom stereocenters. The Morgan fingerprint density at radius 3 is 2.15 bits per heavy atom. The number of rotatable bonds is 1. The Morgan fingerprint density at radius 1 is 0.815 bits per heavy atom. The second-order valence-electron chi connectivity index (χ2n) is 8.90. The molecule has 3 aliphatic rings. The molecule has 140 valence electrons. The van der Waals surface area contributed by atoms with Crippen molar-refractivity contribution in [2.24, 2.45) is 0 Å². The predicted octanol–water partition coefficient (Wildman–Crippen LogP) is 5.22. The van der Waals surface area contributed by atoms with Crippen LogP contribution in [0.25, 0.3) is 11.1 Å². The lowest BCUT2D eigenvalue weighted by Crippen LogP contribution is -2.41. The molecule has 1 saturated carbocycles. The maximum Gasteiger partial charge on any atom is 0.494 e. The molecule has 2 aromatic carbocycles. The van der Waals surface area contributed by atoms with Gasteiger partial charge in [-0.3, -0.25) is 0 Å². The monoisotopic (exact) mass is 364 g/mol. The van der Waals surface area contributed by atoms with Crippen LogP contribution in [0.4, 0.5) is 0 Å². The third-order valence-electron chi connectivity index (χ3n) is 6.73. The molecule has 0 amide bonds. The maximum atomic E-state index is 9.06. The first-order valence-electron chi connectivity index (χ1n) is 11.9. The molecule has 1 aliphatic heterocycles. The third-order valence-corrected chi connectivity index (χ3v) is 6.73. The van der Waals surface area contributed by atoms with Crippen LogP contribution in [0.2, 0.25) is 0 Å². The van der Waals surface area contributed by atoms with Gasteiger partial charge in [-0.2, -0.15) is 0 Å². The molecule has 2 aliphatic carbocycles. The van der Waals surface area contributed by atoms with Crippen molar-refractivity contribution in [3.63, 3.8) is 0 Å². The number of benzene rings is 2. The van der Waals surface area contributed by atoms with Crippen molar-refractivity contribution in [1.29, 1.82) is 0 Å². The first-order valence-corrected chi connectivity index (χ1v) is 9.94. The standard InChI is InChI=1S/C24H29BO2/c1-22(2)23(3,4)27-25(26-22)17-12-13-19-18-10-6-7-11-20(18)24(21(19)16-17)14-8-5-9-15-24/h6-7,10-13,16H,5,8-9,14-15H2,1-4H3/i14D2,15D2. The van der Waals surface area contributed by atoms with Gasteiger partial charge in [0.1, 0.15) is 0 Å². The average Bonchev–Trinajstić information content (AvgIpc) is 3.08. The van der Waals surface area contributed by atoms with E-state index in [1.165, 1.54) is 0 Å². The molecule has 5 rings (SSSR count). The second kappa shape index (κ2) is 5.72. The SMILES string of the molecule is [2H]C1([2H])CCCC([2H])([2H])C12c1ccccc1-c1ccc(B3OC(C)(C)C(C)(C)O3)cc12. The van der Waals surface area contributed by atoms with Crippen molar-refractivity contribution < 1.29 is 14.8 Å². The highest BCUT2D eigenvalue weighted by molar-refractivity contribution is 6.62. The summed E-state index contributed by atoms with van der Waals surface area (Å²) in [5.41, 5.74) is 1.79. The fourth-order valence-corrected chi connectivity index (χ4v) is 4.51. The normalized spacial score (nSPS) is 30.0. The average molecular weight is 364 g/mol. The zero-order valence-corrected chi connectivity index (χ0v) is 16.6. The Morgan fingerprint density at radius 2 is 1.44 bits per heavy atom. The highest BCUT2D eigenvalue weighted by atomic mass is 16.7.